The molecule has 0 fully saturated rings. The molecule has 61 heavy (non-hydrogen) atoms. The van der Waals surface area contributed by atoms with Gasteiger partial charge in [-0.25, -0.2) is 0 Å². The summed E-state index contributed by atoms with van der Waals surface area (Å²) in [5.74, 6) is -1.09. The van der Waals surface area contributed by atoms with Crippen molar-refractivity contribution in [2.24, 2.45) is 0 Å². The lowest BCUT2D eigenvalue weighted by atomic mass is 10.1. The fraction of sp³-hybridized carbons (Fsp3) is 0.618. The predicted molar refractivity (Wildman–Crippen MR) is 260 cm³/mol. The van der Waals surface area contributed by atoms with E-state index in [-0.39, 0.29) is 50.4 Å². The summed E-state index contributed by atoms with van der Waals surface area (Å²) in [5, 5.41) is 0. The van der Waals surface area contributed by atoms with Crippen molar-refractivity contribution in [1.29, 1.82) is 0 Å². The lowest BCUT2D eigenvalue weighted by Crippen LogP contribution is -2.30. The van der Waals surface area contributed by atoms with Gasteiger partial charge in [0, 0.05) is 19.3 Å². The van der Waals surface area contributed by atoms with Crippen molar-refractivity contribution < 1.29 is 28.6 Å². The molecular weight excluding hydrogens is 757 g/mol. The molecular formula is C55H88O6. The van der Waals surface area contributed by atoms with E-state index in [1.165, 1.54) is 70.6 Å². The summed E-state index contributed by atoms with van der Waals surface area (Å²) in [6, 6.07) is 0. The number of carbonyl (C=O) groups excluding carboxylic acids is 3. The molecule has 0 aromatic heterocycles. The van der Waals surface area contributed by atoms with Crippen LogP contribution in [-0.4, -0.2) is 37.2 Å². The highest BCUT2D eigenvalue weighted by Gasteiger charge is 2.19. The number of allylic oxidation sites excluding steroid dienone is 18. The van der Waals surface area contributed by atoms with E-state index in [1.54, 1.807) is 0 Å². The number of esters is 3. The molecule has 0 spiro atoms. The number of ether oxygens (including phenoxy) is 3. The van der Waals surface area contributed by atoms with Crippen LogP contribution in [0.5, 0.6) is 0 Å². The number of hydrogen-bond acceptors (Lipinski definition) is 6. The van der Waals surface area contributed by atoms with Gasteiger partial charge >= 0.3 is 17.9 Å². The van der Waals surface area contributed by atoms with E-state index in [4.69, 9.17) is 14.2 Å². The number of unbranched alkanes of at least 4 members (excludes halogenated alkanes) is 13. The van der Waals surface area contributed by atoms with Crippen LogP contribution in [0.4, 0.5) is 0 Å². The Labute approximate surface area is 374 Å². The van der Waals surface area contributed by atoms with Gasteiger partial charge in [-0.05, 0) is 109 Å². The maximum Gasteiger partial charge on any atom is 0.306 e. The SMILES string of the molecule is CC/C=C\C/C=C\C/C=C\C/C=C\C/C=C\CCCC(=O)OCC(COC(=O)CCC/C=C\CCCCCC)OC(=O)CCC/C=C\C/C=C\C/C=C\CCCCCCCC. The van der Waals surface area contributed by atoms with Crippen molar-refractivity contribution in [1.82, 2.24) is 0 Å². The molecule has 0 amide bonds. The Hall–Kier alpha value is -3.93. The van der Waals surface area contributed by atoms with Crippen LogP contribution in [0.3, 0.4) is 0 Å². The summed E-state index contributed by atoms with van der Waals surface area (Å²) >= 11 is 0. The van der Waals surface area contributed by atoms with Crippen LogP contribution in [0.25, 0.3) is 0 Å². The van der Waals surface area contributed by atoms with Gasteiger partial charge in [0.15, 0.2) is 6.10 Å². The van der Waals surface area contributed by atoms with Crippen LogP contribution < -0.4 is 0 Å². The van der Waals surface area contributed by atoms with Gasteiger partial charge in [0.1, 0.15) is 13.2 Å². The minimum Gasteiger partial charge on any atom is -0.462 e. The van der Waals surface area contributed by atoms with Crippen LogP contribution in [0.15, 0.2) is 109 Å². The zero-order valence-corrected chi connectivity index (χ0v) is 39.1. The number of rotatable bonds is 42. The first-order valence-electron chi connectivity index (χ1n) is 24.4. The fourth-order valence-corrected chi connectivity index (χ4v) is 6.08. The zero-order valence-electron chi connectivity index (χ0n) is 39.1. The molecule has 0 radical (unpaired) electrons. The molecule has 0 heterocycles. The smallest absolute Gasteiger partial charge is 0.306 e. The Bertz CT molecular complexity index is 1290. The van der Waals surface area contributed by atoms with Crippen LogP contribution in [0, 0.1) is 0 Å². The summed E-state index contributed by atoms with van der Waals surface area (Å²) in [7, 11) is 0. The molecule has 0 N–H and O–H groups in total. The Morgan fingerprint density at radius 1 is 0.344 bits per heavy atom. The van der Waals surface area contributed by atoms with Crippen LogP contribution in [0.1, 0.15) is 201 Å². The quantitative estimate of drug-likeness (QED) is 0.0264. The minimum atomic E-state index is -0.838. The van der Waals surface area contributed by atoms with E-state index < -0.39 is 6.10 Å². The lowest BCUT2D eigenvalue weighted by molar-refractivity contribution is -0.166. The molecule has 0 aliphatic heterocycles. The van der Waals surface area contributed by atoms with Crippen LogP contribution in [0.2, 0.25) is 0 Å². The minimum absolute atomic E-state index is 0.133. The van der Waals surface area contributed by atoms with E-state index in [9.17, 15) is 14.4 Å². The van der Waals surface area contributed by atoms with Gasteiger partial charge in [0.05, 0.1) is 0 Å². The standard InChI is InChI=1S/C55H88O6/c1-4-7-10-13-16-19-21-23-25-27-29-31-33-36-39-42-45-48-54(57)60-51-52(50-59-53(56)47-44-41-38-35-18-15-12-9-6-3)61-55(58)49-46-43-40-37-34-32-30-28-26-24-22-20-17-14-11-8-5-2/h7,10,16,19,23-26,29-32,35-40,52H,4-6,8-9,11-15,17-18,20-22,27-28,33-34,41-51H2,1-3H3/b10-7-,19-16-,25-23-,26-24-,31-29-,32-30-,38-35-,39-36-,40-37-. The van der Waals surface area contributed by atoms with Crippen LogP contribution >= 0.6 is 0 Å². The topological polar surface area (TPSA) is 78.9 Å². The highest BCUT2D eigenvalue weighted by Crippen LogP contribution is 2.10. The predicted octanol–water partition coefficient (Wildman–Crippen LogP) is 16.0. The van der Waals surface area contributed by atoms with Crippen molar-refractivity contribution in [3.05, 3.63) is 109 Å². The Balaban J connectivity index is 4.56. The molecule has 0 aliphatic carbocycles. The third kappa shape index (κ3) is 47.0. The molecule has 1 atom stereocenters. The van der Waals surface area contributed by atoms with Crippen molar-refractivity contribution in [3.63, 3.8) is 0 Å². The second-order valence-corrected chi connectivity index (χ2v) is 15.6. The molecule has 344 valence electrons. The zero-order chi connectivity index (χ0) is 44.4. The molecule has 1 unspecified atom stereocenters. The highest BCUT2D eigenvalue weighted by atomic mass is 16.6. The summed E-state index contributed by atoms with van der Waals surface area (Å²) in [6.07, 6.45) is 65.2. The first-order valence-corrected chi connectivity index (χ1v) is 24.4. The molecule has 6 nitrogen and oxygen atoms in total. The summed E-state index contributed by atoms with van der Waals surface area (Å²) in [6.45, 7) is 6.34. The summed E-state index contributed by atoms with van der Waals surface area (Å²) < 4.78 is 16.6. The highest BCUT2D eigenvalue weighted by molar-refractivity contribution is 5.71. The third-order valence-electron chi connectivity index (χ3n) is 9.73. The Morgan fingerprint density at radius 2 is 0.639 bits per heavy atom. The molecule has 0 aliphatic rings. The second-order valence-electron chi connectivity index (χ2n) is 15.6. The van der Waals surface area contributed by atoms with E-state index in [0.29, 0.717) is 19.3 Å². The maximum absolute atomic E-state index is 12.7. The van der Waals surface area contributed by atoms with Crippen LogP contribution in [-0.2, 0) is 28.6 Å². The van der Waals surface area contributed by atoms with Gasteiger partial charge in [0.25, 0.3) is 0 Å². The Morgan fingerprint density at radius 3 is 1.03 bits per heavy atom. The normalized spacial score (nSPS) is 13.0. The van der Waals surface area contributed by atoms with Crippen molar-refractivity contribution in [2.75, 3.05) is 13.2 Å². The van der Waals surface area contributed by atoms with E-state index >= 15 is 0 Å². The molecule has 0 bridgehead atoms. The number of carbonyl (C=O) groups is 3. The van der Waals surface area contributed by atoms with Crippen molar-refractivity contribution >= 4 is 17.9 Å². The third-order valence-corrected chi connectivity index (χ3v) is 9.73. The van der Waals surface area contributed by atoms with Gasteiger partial charge < -0.3 is 14.2 Å². The van der Waals surface area contributed by atoms with E-state index in [2.05, 4.69) is 130 Å². The Kier molecular flexibility index (Phi) is 45.6. The molecule has 0 saturated carbocycles. The fourth-order valence-electron chi connectivity index (χ4n) is 6.08. The molecule has 0 rings (SSSR count). The lowest BCUT2D eigenvalue weighted by Gasteiger charge is -2.18. The van der Waals surface area contributed by atoms with E-state index in [1.807, 2.05) is 0 Å². The summed E-state index contributed by atoms with van der Waals surface area (Å²) in [5.41, 5.74) is 0. The summed E-state index contributed by atoms with van der Waals surface area (Å²) in [4.78, 5) is 37.8. The largest absolute Gasteiger partial charge is 0.462 e. The number of hydrogen-bond donors (Lipinski definition) is 0. The van der Waals surface area contributed by atoms with Gasteiger partial charge in [-0.1, -0.05) is 182 Å². The second kappa shape index (κ2) is 48.7. The molecule has 0 saturated heterocycles. The van der Waals surface area contributed by atoms with Gasteiger partial charge in [-0.2, -0.15) is 0 Å². The molecule has 6 heteroatoms. The van der Waals surface area contributed by atoms with Crippen molar-refractivity contribution in [3.8, 4) is 0 Å². The first kappa shape index (κ1) is 57.1. The van der Waals surface area contributed by atoms with Gasteiger partial charge in [-0.15, -0.1) is 0 Å². The average molecular weight is 845 g/mol. The van der Waals surface area contributed by atoms with Gasteiger partial charge in [0.2, 0.25) is 0 Å². The average Bonchev–Trinajstić information content (AvgIpc) is 3.26. The maximum atomic E-state index is 12.7. The van der Waals surface area contributed by atoms with Crippen molar-refractivity contribution in [2.45, 2.75) is 207 Å². The monoisotopic (exact) mass is 845 g/mol. The van der Waals surface area contributed by atoms with E-state index in [0.717, 1.165) is 70.6 Å². The molecule has 0 aromatic rings. The first-order chi connectivity index (χ1) is 30.0. The van der Waals surface area contributed by atoms with Gasteiger partial charge in [-0.3, -0.25) is 14.4 Å². The molecule has 0 aromatic carbocycles.